The second kappa shape index (κ2) is 19.5. The second-order valence-corrected chi connectivity index (χ2v) is 14.1. The minimum Gasteiger partial charge on any atom is -0.507 e. The van der Waals surface area contributed by atoms with Crippen LogP contribution in [0.5, 0.6) is 11.5 Å². The van der Waals surface area contributed by atoms with E-state index < -0.39 is 0 Å². The number of phenols is 2. The van der Waals surface area contributed by atoms with Gasteiger partial charge >= 0.3 is 0 Å². The lowest BCUT2D eigenvalue weighted by atomic mass is 10.1. The Morgan fingerprint density at radius 3 is 1.17 bits per heavy atom. The molecule has 0 spiro atoms. The quantitative estimate of drug-likeness (QED) is 0.0583. The van der Waals surface area contributed by atoms with Gasteiger partial charge in [0.1, 0.15) is 17.1 Å². The van der Waals surface area contributed by atoms with Crippen molar-refractivity contribution in [3.8, 4) is 11.5 Å². The van der Waals surface area contributed by atoms with E-state index in [4.69, 9.17) is 0 Å². The number of fused-ring (bicyclic) bond motifs is 1. The number of nitrogens with zero attached hydrogens (tertiary/aromatic N) is 2. The minimum absolute atomic E-state index is 0.0539. The van der Waals surface area contributed by atoms with E-state index in [9.17, 15) is 19.8 Å². The molecule has 0 radical (unpaired) electrons. The lowest BCUT2D eigenvalue weighted by molar-refractivity contribution is -0.147. The number of amides is 2. The van der Waals surface area contributed by atoms with Crippen molar-refractivity contribution in [2.24, 2.45) is 0 Å². The van der Waals surface area contributed by atoms with Gasteiger partial charge in [0.15, 0.2) is 0 Å². The molecule has 236 valence electrons. The highest BCUT2D eigenvalue weighted by atomic mass is 32.2. The van der Waals surface area contributed by atoms with Gasteiger partial charge in [0, 0.05) is 13.1 Å². The van der Waals surface area contributed by atoms with Gasteiger partial charge in [0.05, 0.1) is 14.0 Å². The van der Waals surface area contributed by atoms with Gasteiger partial charge in [-0.25, -0.2) is 10.0 Å². The Labute approximate surface area is 263 Å². The van der Waals surface area contributed by atoms with E-state index in [1.807, 2.05) is 0 Å². The van der Waals surface area contributed by atoms with Crippen molar-refractivity contribution < 1.29 is 19.8 Å². The average molecular weight is 619 g/mol. The van der Waals surface area contributed by atoms with Crippen LogP contribution >= 0.6 is 23.5 Å². The monoisotopic (exact) mass is 618 g/mol. The smallest absolute Gasteiger partial charge is 0.279 e. The number of rotatable bonds is 22. The van der Waals surface area contributed by atoms with E-state index >= 15 is 0 Å². The Morgan fingerprint density at radius 1 is 0.524 bits per heavy atom. The fourth-order valence-corrected chi connectivity index (χ4v) is 8.31. The third-order valence-corrected chi connectivity index (χ3v) is 10.9. The van der Waals surface area contributed by atoms with E-state index in [2.05, 4.69) is 13.8 Å². The number of aromatic hydroxyl groups is 2. The van der Waals surface area contributed by atoms with Crippen LogP contribution in [0.1, 0.15) is 142 Å². The minimum atomic E-state index is -0.246. The number of hydrogen-bond donors (Lipinski definition) is 2. The number of carbonyl (C=O) groups is 2. The molecule has 0 unspecified atom stereocenters. The van der Waals surface area contributed by atoms with Crippen molar-refractivity contribution in [1.29, 1.82) is 0 Å². The zero-order valence-corrected chi connectivity index (χ0v) is 27.8. The number of carbonyl (C=O) groups excluding carboxylic acids is 2. The molecule has 2 N–H and O–H groups in total. The fraction of sp³-hybridized carbons (Fsp3) is 0.706. The first kappa shape index (κ1) is 34.7. The summed E-state index contributed by atoms with van der Waals surface area (Å²) < 4.78 is 0.551. The summed E-state index contributed by atoms with van der Waals surface area (Å²) in [5.41, 5.74) is 0.180. The molecule has 2 amide bonds. The molecule has 0 saturated carbocycles. The number of thioether (sulfide) groups is 2. The van der Waals surface area contributed by atoms with Crippen LogP contribution in [-0.2, 0) is 9.59 Å². The summed E-state index contributed by atoms with van der Waals surface area (Å²) in [7, 11) is 0. The highest BCUT2D eigenvalue weighted by molar-refractivity contribution is 8.25. The average Bonchev–Trinajstić information content (AvgIpc) is 3.52. The topological polar surface area (TPSA) is 81.1 Å². The van der Waals surface area contributed by atoms with Crippen molar-refractivity contribution in [3.05, 3.63) is 21.9 Å². The summed E-state index contributed by atoms with van der Waals surface area (Å²) in [6.07, 6.45) is 24.4. The molecule has 0 aromatic heterocycles. The van der Waals surface area contributed by atoms with Crippen LogP contribution in [0.4, 0.5) is 0 Å². The summed E-state index contributed by atoms with van der Waals surface area (Å²) in [6.45, 7) is 5.59. The molecular weight excluding hydrogens is 565 g/mol. The SMILES string of the molecule is CCCCCCCCCCCCN1C(=O)C(=C2Sc3c(O)ccc(O)c3S2)C(=O)N1CCCCCCCCCCCC. The molecule has 2 heterocycles. The summed E-state index contributed by atoms with van der Waals surface area (Å²) in [4.78, 5) is 28.3. The van der Waals surface area contributed by atoms with Crippen LogP contribution in [0.25, 0.3) is 0 Å². The van der Waals surface area contributed by atoms with E-state index in [-0.39, 0.29) is 28.9 Å². The van der Waals surface area contributed by atoms with Gasteiger partial charge in [-0.2, -0.15) is 0 Å². The van der Waals surface area contributed by atoms with Gasteiger partial charge < -0.3 is 10.2 Å². The van der Waals surface area contributed by atoms with Crippen molar-refractivity contribution in [3.63, 3.8) is 0 Å². The molecule has 2 aliphatic rings. The van der Waals surface area contributed by atoms with Crippen molar-refractivity contribution >= 4 is 35.3 Å². The van der Waals surface area contributed by atoms with Gasteiger partial charge in [0.25, 0.3) is 11.8 Å². The predicted octanol–water partition coefficient (Wildman–Crippen LogP) is 9.93. The van der Waals surface area contributed by atoms with Crippen molar-refractivity contribution in [2.45, 2.75) is 152 Å². The summed E-state index contributed by atoms with van der Waals surface area (Å²) >= 11 is 2.42. The van der Waals surface area contributed by atoms with Crippen molar-refractivity contribution in [1.82, 2.24) is 10.0 Å². The molecule has 2 aliphatic heterocycles. The second-order valence-electron chi connectivity index (χ2n) is 11.8. The lowest BCUT2D eigenvalue weighted by Gasteiger charge is -2.27. The van der Waals surface area contributed by atoms with Crippen LogP contribution < -0.4 is 0 Å². The largest absolute Gasteiger partial charge is 0.507 e. The standard InChI is InChI=1S/C34H54N2O4S2/c1-3-5-7-9-11-13-15-17-19-21-25-35-32(39)29(34-41-30-27(37)23-24-28(38)31(30)42-34)33(40)36(35)26-22-20-18-16-14-12-10-8-6-4-2/h23-24,37-38H,3-22,25-26H2,1-2H3. The third-order valence-electron chi connectivity index (χ3n) is 8.30. The van der Waals surface area contributed by atoms with Crippen LogP contribution in [0, 0.1) is 0 Å². The molecule has 3 rings (SSSR count). The molecule has 8 heteroatoms. The maximum Gasteiger partial charge on any atom is 0.279 e. The van der Waals surface area contributed by atoms with Crippen LogP contribution in [0.2, 0.25) is 0 Å². The maximum absolute atomic E-state index is 13.7. The molecule has 1 saturated heterocycles. The molecule has 42 heavy (non-hydrogen) atoms. The first-order chi connectivity index (χ1) is 20.5. The van der Waals surface area contributed by atoms with Crippen molar-refractivity contribution in [2.75, 3.05) is 13.1 Å². The van der Waals surface area contributed by atoms with Crippen LogP contribution in [-0.4, -0.2) is 45.1 Å². The summed E-state index contributed by atoms with van der Waals surface area (Å²) in [6, 6.07) is 2.89. The number of hydrazine groups is 1. The molecule has 0 atom stereocenters. The van der Waals surface area contributed by atoms with E-state index in [1.165, 1.54) is 126 Å². The molecular formula is C34H54N2O4S2. The Hall–Kier alpha value is -1.80. The van der Waals surface area contributed by atoms with E-state index in [0.29, 0.717) is 27.1 Å². The Balaban J connectivity index is 1.53. The van der Waals surface area contributed by atoms with Gasteiger partial charge in [-0.1, -0.05) is 153 Å². The number of benzene rings is 1. The summed E-state index contributed by atoms with van der Waals surface area (Å²) in [5.74, 6) is -0.383. The highest BCUT2D eigenvalue weighted by Gasteiger charge is 2.44. The van der Waals surface area contributed by atoms with Crippen LogP contribution in [0.3, 0.4) is 0 Å². The molecule has 1 aromatic carbocycles. The number of unbranched alkanes of at least 4 members (excludes halogenated alkanes) is 18. The van der Waals surface area contributed by atoms with Gasteiger partial charge in [-0.3, -0.25) is 9.59 Å². The fourth-order valence-electron chi connectivity index (χ4n) is 5.73. The first-order valence-corrected chi connectivity index (χ1v) is 18.4. The normalized spacial score (nSPS) is 15.0. The Kier molecular flexibility index (Phi) is 16.1. The third kappa shape index (κ3) is 10.4. The Morgan fingerprint density at radius 2 is 0.833 bits per heavy atom. The molecule has 1 fully saturated rings. The maximum atomic E-state index is 13.7. The van der Waals surface area contributed by atoms with E-state index in [0.717, 1.165) is 38.5 Å². The number of phenolic OH excluding ortho intramolecular Hbond substituents is 2. The number of hydrogen-bond acceptors (Lipinski definition) is 6. The zero-order chi connectivity index (χ0) is 30.2. The van der Waals surface area contributed by atoms with Crippen LogP contribution in [0.15, 0.2) is 31.7 Å². The van der Waals surface area contributed by atoms with Gasteiger partial charge in [-0.15, -0.1) is 0 Å². The zero-order valence-electron chi connectivity index (χ0n) is 26.1. The van der Waals surface area contributed by atoms with Gasteiger partial charge in [0.2, 0.25) is 0 Å². The lowest BCUT2D eigenvalue weighted by Crippen LogP contribution is -2.42. The molecule has 6 nitrogen and oxygen atoms in total. The summed E-state index contributed by atoms with van der Waals surface area (Å²) in [5, 5.41) is 24.0. The molecule has 0 aliphatic carbocycles. The molecule has 0 bridgehead atoms. The van der Waals surface area contributed by atoms with E-state index in [1.54, 1.807) is 10.0 Å². The highest BCUT2D eigenvalue weighted by Crippen LogP contribution is 2.59. The Bertz CT molecular complexity index is 952. The molecule has 1 aromatic rings. The van der Waals surface area contributed by atoms with Gasteiger partial charge in [-0.05, 0) is 25.0 Å². The first-order valence-electron chi connectivity index (χ1n) is 16.8. The predicted molar refractivity (Wildman–Crippen MR) is 176 cm³/mol.